The minimum atomic E-state index is -0.496. The molecule has 0 amide bonds. The average Bonchev–Trinajstić information content (AvgIpc) is 3.11. The lowest BCUT2D eigenvalue weighted by Crippen LogP contribution is -2.51. The van der Waals surface area contributed by atoms with Gasteiger partial charge in [0, 0.05) is 0 Å². The van der Waals surface area contributed by atoms with Crippen LogP contribution in [0.2, 0.25) is 0 Å². The summed E-state index contributed by atoms with van der Waals surface area (Å²) < 4.78 is 0. The van der Waals surface area contributed by atoms with E-state index in [0.717, 1.165) is 61.3 Å². The molecule has 0 heterocycles. The van der Waals surface area contributed by atoms with Crippen LogP contribution in [0.15, 0.2) is 42.0 Å². The second-order valence-corrected chi connectivity index (χ2v) is 12.6. The molecule has 1 unspecified atom stereocenters. The van der Waals surface area contributed by atoms with Crippen LogP contribution in [0.4, 0.5) is 0 Å². The minimum absolute atomic E-state index is 0.317. The molecule has 1 aromatic rings. The maximum atomic E-state index is 10.7. The first-order valence-corrected chi connectivity index (χ1v) is 13.4. The molecule has 0 aromatic heterocycles. The highest BCUT2D eigenvalue weighted by atomic mass is 16.3. The average molecular weight is 437 g/mol. The van der Waals surface area contributed by atoms with Crippen LogP contribution in [-0.4, -0.2) is 15.8 Å². The third-order valence-electron chi connectivity index (χ3n) is 10.8. The fourth-order valence-corrected chi connectivity index (χ4v) is 8.79. The first-order valence-electron chi connectivity index (χ1n) is 13.4. The molecule has 2 heteroatoms. The lowest BCUT2D eigenvalue weighted by Gasteiger charge is -2.59. The third-order valence-corrected chi connectivity index (χ3v) is 10.8. The van der Waals surface area contributed by atoms with Crippen LogP contribution in [0.5, 0.6) is 0 Å². The van der Waals surface area contributed by atoms with Gasteiger partial charge in [0.2, 0.25) is 0 Å². The SMILES string of the molecule is C[C@]1(O)CC[C@@]2(C)C(=CC[C@H]3[C@@H]4CC[C@H](CCCC(O)c5ccccc5)[C@@]4(C)CC[C@@H]32)C1. The van der Waals surface area contributed by atoms with Gasteiger partial charge in [-0.25, -0.2) is 0 Å². The second kappa shape index (κ2) is 8.27. The lowest BCUT2D eigenvalue weighted by molar-refractivity contribution is -0.0662. The van der Waals surface area contributed by atoms with Gasteiger partial charge in [0.25, 0.3) is 0 Å². The number of hydrogen-bond donors (Lipinski definition) is 2. The molecule has 176 valence electrons. The maximum Gasteiger partial charge on any atom is 0.0790 e. The van der Waals surface area contributed by atoms with Gasteiger partial charge in [0.05, 0.1) is 11.7 Å². The van der Waals surface area contributed by atoms with E-state index in [0.29, 0.717) is 10.8 Å². The van der Waals surface area contributed by atoms with E-state index >= 15 is 0 Å². The smallest absolute Gasteiger partial charge is 0.0790 e. The van der Waals surface area contributed by atoms with Crippen LogP contribution in [0.3, 0.4) is 0 Å². The summed E-state index contributed by atoms with van der Waals surface area (Å²) in [6.45, 7) is 7.19. The number of rotatable bonds is 5. The van der Waals surface area contributed by atoms with E-state index in [9.17, 15) is 10.2 Å². The van der Waals surface area contributed by atoms with Crippen molar-refractivity contribution in [1.82, 2.24) is 0 Å². The maximum absolute atomic E-state index is 10.7. The molecule has 0 radical (unpaired) electrons. The summed E-state index contributed by atoms with van der Waals surface area (Å²) in [6.07, 6.45) is 15.3. The van der Waals surface area contributed by atoms with Gasteiger partial charge in [-0.15, -0.1) is 0 Å². The summed E-state index contributed by atoms with van der Waals surface area (Å²) in [7, 11) is 0. The molecule has 4 aliphatic carbocycles. The standard InChI is InChI=1S/C30H44O2/c1-28(32)18-19-30(3)23(20-28)12-14-24-25-15-13-22(29(25,2)17-16-26(24)30)10-7-11-27(31)21-8-5-4-6-9-21/h4-6,8-9,12,22,24-27,31-32H,7,10-11,13-20H2,1-3H3/t22-,24-,25-,26-,27?,28-,29+,30-/m0/s1. The number of benzene rings is 1. The fraction of sp³-hybridized carbons (Fsp3) is 0.733. The molecule has 32 heavy (non-hydrogen) atoms. The number of aliphatic hydroxyl groups is 2. The van der Waals surface area contributed by atoms with Crippen molar-refractivity contribution >= 4 is 0 Å². The molecule has 0 aliphatic heterocycles. The Balaban J connectivity index is 1.25. The normalized spacial score (nSPS) is 44.2. The molecule has 5 rings (SSSR count). The van der Waals surface area contributed by atoms with Gasteiger partial charge in [0.1, 0.15) is 0 Å². The molecule has 8 atom stereocenters. The largest absolute Gasteiger partial charge is 0.390 e. The highest BCUT2D eigenvalue weighted by molar-refractivity contribution is 5.26. The lowest BCUT2D eigenvalue weighted by atomic mass is 9.46. The Morgan fingerprint density at radius 1 is 0.969 bits per heavy atom. The minimum Gasteiger partial charge on any atom is -0.390 e. The molecule has 3 saturated carbocycles. The van der Waals surface area contributed by atoms with E-state index in [2.05, 4.69) is 32.1 Å². The summed E-state index contributed by atoms with van der Waals surface area (Å²) in [6, 6.07) is 10.2. The Morgan fingerprint density at radius 3 is 2.53 bits per heavy atom. The summed E-state index contributed by atoms with van der Waals surface area (Å²) in [5, 5.41) is 21.3. The summed E-state index contributed by atoms with van der Waals surface area (Å²) >= 11 is 0. The molecule has 0 bridgehead atoms. The molecular formula is C30H44O2. The van der Waals surface area contributed by atoms with Crippen molar-refractivity contribution in [1.29, 1.82) is 0 Å². The Bertz CT molecular complexity index is 842. The second-order valence-electron chi connectivity index (χ2n) is 12.6. The van der Waals surface area contributed by atoms with E-state index in [1.54, 1.807) is 5.57 Å². The van der Waals surface area contributed by atoms with E-state index in [1.165, 1.54) is 38.5 Å². The van der Waals surface area contributed by atoms with Crippen molar-refractivity contribution < 1.29 is 10.2 Å². The predicted molar refractivity (Wildman–Crippen MR) is 131 cm³/mol. The van der Waals surface area contributed by atoms with Gasteiger partial charge in [-0.3, -0.25) is 0 Å². The fourth-order valence-electron chi connectivity index (χ4n) is 8.79. The molecule has 3 fully saturated rings. The Kier molecular flexibility index (Phi) is 5.86. The summed E-state index contributed by atoms with van der Waals surface area (Å²) in [4.78, 5) is 0. The first-order chi connectivity index (χ1) is 15.2. The van der Waals surface area contributed by atoms with Gasteiger partial charge in [-0.05, 0) is 111 Å². The van der Waals surface area contributed by atoms with Crippen LogP contribution < -0.4 is 0 Å². The van der Waals surface area contributed by atoms with Crippen LogP contribution in [0.1, 0.15) is 103 Å². The Hall–Kier alpha value is -1.12. The predicted octanol–water partition coefficient (Wildman–Crippen LogP) is 7.22. The van der Waals surface area contributed by atoms with Crippen molar-refractivity contribution in [2.75, 3.05) is 0 Å². The van der Waals surface area contributed by atoms with Crippen molar-refractivity contribution in [2.24, 2.45) is 34.5 Å². The summed E-state index contributed by atoms with van der Waals surface area (Å²) in [5.74, 6) is 3.34. The topological polar surface area (TPSA) is 40.5 Å². The zero-order valence-electron chi connectivity index (χ0n) is 20.5. The van der Waals surface area contributed by atoms with Crippen LogP contribution >= 0.6 is 0 Å². The van der Waals surface area contributed by atoms with Crippen molar-refractivity contribution in [2.45, 2.75) is 103 Å². The molecule has 4 aliphatic rings. The Labute approximate surface area is 195 Å². The zero-order chi connectivity index (χ0) is 22.6. The molecular weight excluding hydrogens is 392 g/mol. The monoisotopic (exact) mass is 436 g/mol. The van der Waals surface area contributed by atoms with Crippen molar-refractivity contribution in [3.63, 3.8) is 0 Å². The van der Waals surface area contributed by atoms with Gasteiger partial charge < -0.3 is 10.2 Å². The first kappa shape index (κ1) is 22.7. The van der Waals surface area contributed by atoms with Gasteiger partial charge in [-0.1, -0.05) is 62.2 Å². The van der Waals surface area contributed by atoms with Gasteiger partial charge in [-0.2, -0.15) is 0 Å². The van der Waals surface area contributed by atoms with Crippen LogP contribution in [0.25, 0.3) is 0 Å². The van der Waals surface area contributed by atoms with Gasteiger partial charge in [0.15, 0.2) is 0 Å². The highest BCUT2D eigenvalue weighted by Crippen LogP contribution is 2.67. The quantitative estimate of drug-likeness (QED) is 0.478. The highest BCUT2D eigenvalue weighted by Gasteiger charge is 2.58. The van der Waals surface area contributed by atoms with Crippen LogP contribution in [0, 0.1) is 34.5 Å². The molecule has 0 spiro atoms. The number of hydrogen-bond acceptors (Lipinski definition) is 2. The van der Waals surface area contributed by atoms with E-state index in [-0.39, 0.29) is 6.10 Å². The number of allylic oxidation sites excluding steroid dienone is 1. The van der Waals surface area contributed by atoms with Crippen molar-refractivity contribution in [3.8, 4) is 0 Å². The van der Waals surface area contributed by atoms with Crippen LogP contribution in [-0.2, 0) is 0 Å². The number of fused-ring (bicyclic) bond motifs is 5. The Morgan fingerprint density at radius 2 is 1.75 bits per heavy atom. The van der Waals surface area contributed by atoms with E-state index in [1.807, 2.05) is 25.1 Å². The zero-order valence-corrected chi connectivity index (χ0v) is 20.5. The summed E-state index contributed by atoms with van der Waals surface area (Å²) in [5.41, 5.74) is 2.95. The molecule has 2 N–H and O–H groups in total. The molecule has 0 saturated heterocycles. The third kappa shape index (κ3) is 3.80. The van der Waals surface area contributed by atoms with Crippen molar-refractivity contribution in [3.05, 3.63) is 47.5 Å². The van der Waals surface area contributed by atoms with E-state index < -0.39 is 5.60 Å². The number of aliphatic hydroxyl groups excluding tert-OH is 1. The van der Waals surface area contributed by atoms with Gasteiger partial charge >= 0.3 is 0 Å². The molecule has 2 nitrogen and oxygen atoms in total. The molecule has 1 aromatic carbocycles. The van der Waals surface area contributed by atoms with E-state index in [4.69, 9.17) is 0 Å².